The largest absolute Gasteiger partial charge is 0.493 e. The fourth-order valence-electron chi connectivity index (χ4n) is 2.25. The summed E-state index contributed by atoms with van der Waals surface area (Å²) < 4.78 is 39.5. The van der Waals surface area contributed by atoms with Crippen LogP contribution in [0.4, 0.5) is 0 Å². The molecule has 0 aliphatic carbocycles. The van der Waals surface area contributed by atoms with Crippen LogP contribution in [0.5, 0.6) is 17.2 Å². The van der Waals surface area contributed by atoms with Gasteiger partial charge < -0.3 is 24.8 Å². The maximum Gasteiger partial charge on any atom is 0.203 e. The first-order valence-corrected chi connectivity index (χ1v) is 10.2. The van der Waals surface area contributed by atoms with Crippen LogP contribution in [0.15, 0.2) is 17.1 Å². The van der Waals surface area contributed by atoms with Crippen molar-refractivity contribution in [3.05, 3.63) is 17.7 Å². The normalized spacial score (nSPS) is 12.0. The van der Waals surface area contributed by atoms with Crippen molar-refractivity contribution >= 4 is 39.8 Å². The van der Waals surface area contributed by atoms with Crippen LogP contribution in [0.3, 0.4) is 0 Å². The lowest BCUT2D eigenvalue weighted by Crippen LogP contribution is -2.41. The lowest BCUT2D eigenvalue weighted by atomic mass is 10.2. The van der Waals surface area contributed by atoms with Crippen LogP contribution in [-0.4, -0.2) is 59.8 Å². The molecule has 0 bridgehead atoms. The van der Waals surface area contributed by atoms with E-state index >= 15 is 0 Å². The Bertz CT molecular complexity index is 736. The molecule has 1 aromatic carbocycles. The third-order valence-electron chi connectivity index (χ3n) is 4.00. The van der Waals surface area contributed by atoms with Crippen molar-refractivity contribution in [1.29, 1.82) is 0 Å². The molecule has 28 heavy (non-hydrogen) atoms. The van der Waals surface area contributed by atoms with Crippen LogP contribution in [0.25, 0.3) is 0 Å². The Labute approximate surface area is 185 Å². The Morgan fingerprint density at radius 1 is 1.04 bits per heavy atom. The standard InChI is InChI=1S/C18H31N3O5S.HI/c1-18(2,3)27(22,23)9-8-20-17(19-4)21-12-13-10-14(24-5)16(26-7)15(11-13)25-6;/h10-11H,8-9,12H2,1-7H3,(H2,19,20,21);1H. The summed E-state index contributed by atoms with van der Waals surface area (Å²) in [6, 6.07) is 3.68. The second-order valence-electron chi connectivity index (χ2n) is 6.82. The fourth-order valence-corrected chi connectivity index (χ4v) is 3.24. The Morgan fingerprint density at radius 3 is 1.96 bits per heavy atom. The maximum atomic E-state index is 12.2. The molecular weight excluding hydrogens is 497 g/mol. The van der Waals surface area contributed by atoms with E-state index in [2.05, 4.69) is 15.6 Å². The minimum absolute atomic E-state index is 0. The van der Waals surface area contributed by atoms with Crippen molar-refractivity contribution in [1.82, 2.24) is 10.6 Å². The van der Waals surface area contributed by atoms with Gasteiger partial charge in [0.15, 0.2) is 27.3 Å². The lowest BCUT2D eigenvalue weighted by molar-refractivity contribution is 0.323. The van der Waals surface area contributed by atoms with Crippen molar-refractivity contribution in [2.24, 2.45) is 4.99 Å². The van der Waals surface area contributed by atoms with Crippen LogP contribution in [-0.2, 0) is 16.4 Å². The molecule has 1 aromatic rings. The van der Waals surface area contributed by atoms with Crippen LogP contribution < -0.4 is 24.8 Å². The van der Waals surface area contributed by atoms with E-state index in [1.165, 1.54) is 0 Å². The number of rotatable bonds is 8. The molecule has 0 fully saturated rings. The number of halogens is 1. The molecular formula is C18H32IN3O5S. The van der Waals surface area contributed by atoms with E-state index in [1.807, 2.05) is 12.1 Å². The molecule has 0 aromatic heterocycles. The first-order valence-electron chi connectivity index (χ1n) is 8.55. The number of nitrogens with zero attached hydrogens (tertiary/aromatic N) is 1. The third-order valence-corrected chi connectivity index (χ3v) is 6.61. The van der Waals surface area contributed by atoms with Crippen molar-refractivity contribution in [3.8, 4) is 17.2 Å². The molecule has 162 valence electrons. The third kappa shape index (κ3) is 7.19. The molecule has 8 nitrogen and oxygen atoms in total. The minimum Gasteiger partial charge on any atom is -0.493 e. The van der Waals surface area contributed by atoms with Gasteiger partial charge in [0.2, 0.25) is 5.75 Å². The first-order chi connectivity index (χ1) is 12.6. The Balaban J connectivity index is 0.00000729. The predicted molar refractivity (Wildman–Crippen MR) is 123 cm³/mol. The van der Waals surface area contributed by atoms with E-state index in [0.717, 1.165) is 5.56 Å². The first kappa shape index (κ1) is 26.6. The Hall–Kier alpha value is -1.43. The highest BCUT2D eigenvalue weighted by atomic mass is 127. The minimum atomic E-state index is -3.19. The summed E-state index contributed by atoms with van der Waals surface area (Å²) in [7, 11) is 3.11. The number of guanidine groups is 1. The monoisotopic (exact) mass is 529 g/mol. The SMILES string of the molecule is CN=C(NCCS(=O)(=O)C(C)(C)C)NCc1cc(OC)c(OC)c(OC)c1.I. The maximum absolute atomic E-state index is 12.2. The molecule has 0 spiro atoms. The zero-order valence-corrected chi connectivity index (χ0v) is 20.7. The Morgan fingerprint density at radius 2 is 1.57 bits per heavy atom. The summed E-state index contributed by atoms with van der Waals surface area (Å²) in [6.07, 6.45) is 0. The average molecular weight is 529 g/mol. The van der Waals surface area contributed by atoms with Gasteiger partial charge in [-0.15, -0.1) is 24.0 Å². The number of methoxy groups -OCH3 is 3. The molecule has 0 amide bonds. The van der Waals surface area contributed by atoms with Gasteiger partial charge in [-0.25, -0.2) is 8.42 Å². The molecule has 2 N–H and O–H groups in total. The van der Waals surface area contributed by atoms with E-state index in [9.17, 15) is 8.42 Å². The second kappa shape index (κ2) is 11.5. The summed E-state index contributed by atoms with van der Waals surface area (Å²) in [5.41, 5.74) is 0.898. The zero-order chi connectivity index (χ0) is 20.7. The fraction of sp³-hybridized carbons (Fsp3) is 0.611. The van der Waals surface area contributed by atoms with E-state index < -0.39 is 14.6 Å². The molecule has 0 heterocycles. The number of aliphatic imine (C=N–C) groups is 1. The van der Waals surface area contributed by atoms with Gasteiger partial charge in [0.05, 0.1) is 31.8 Å². The van der Waals surface area contributed by atoms with Gasteiger partial charge in [-0.3, -0.25) is 4.99 Å². The zero-order valence-electron chi connectivity index (χ0n) is 17.6. The topological polar surface area (TPSA) is 98.3 Å². The van der Waals surface area contributed by atoms with Crippen molar-refractivity contribution < 1.29 is 22.6 Å². The summed E-state index contributed by atoms with van der Waals surface area (Å²) in [4.78, 5) is 4.12. The Kier molecular flexibility index (Phi) is 11.0. The van der Waals surface area contributed by atoms with Gasteiger partial charge in [0.25, 0.3) is 0 Å². The predicted octanol–water partition coefficient (Wildman–Crippen LogP) is 2.21. The van der Waals surface area contributed by atoms with Gasteiger partial charge in [-0.1, -0.05) is 0 Å². The number of sulfone groups is 1. The number of hydrogen-bond donors (Lipinski definition) is 2. The summed E-state index contributed by atoms with van der Waals surface area (Å²) in [5.74, 6) is 2.19. The molecule has 0 aliphatic rings. The van der Waals surface area contributed by atoms with Crippen molar-refractivity contribution in [2.75, 3.05) is 40.7 Å². The quantitative estimate of drug-likeness (QED) is 0.303. The van der Waals surface area contributed by atoms with Crippen molar-refractivity contribution in [3.63, 3.8) is 0 Å². The number of ether oxygens (including phenoxy) is 3. The lowest BCUT2D eigenvalue weighted by Gasteiger charge is -2.20. The van der Waals surface area contributed by atoms with Gasteiger partial charge in [0, 0.05) is 20.1 Å². The summed E-state index contributed by atoms with van der Waals surface area (Å²) in [5, 5.41) is 6.16. The highest BCUT2D eigenvalue weighted by Gasteiger charge is 2.28. The van der Waals surface area contributed by atoms with E-state index in [0.29, 0.717) is 29.8 Å². The highest BCUT2D eigenvalue weighted by molar-refractivity contribution is 14.0. The molecule has 1 rings (SSSR count). The summed E-state index contributed by atoms with van der Waals surface area (Å²) in [6.45, 7) is 5.80. The van der Waals surface area contributed by atoms with Crippen LogP contribution in [0.1, 0.15) is 26.3 Å². The number of nitrogens with one attached hydrogen (secondary N) is 2. The van der Waals surface area contributed by atoms with Gasteiger partial charge in [-0.05, 0) is 38.5 Å². The molecule has 0 saturated heterocycles. The average Bonchev–Trinajstić information content (AvgIpc) is 2.62. The molecule has 0 atom stereocenters. The molecule has 0 radical (unpaired) electrons. The van der Waals surface area contributed by atoms with Gasteiger partial charge in [0.1, 0.15) is 0 Å². The molecule has 10 heteroatoms. The smallest absolute Gasteiger partial charge is 0.203 e. The van der Waals surface area contributed by atoms with Gasteiger partial charge >= 0.3 is 0 Å². The number of hydrogen-bond acceptors (Lipinski definition) is 6. The molecule has 0 unspecified atom stereocenters. The van der Waals surface area contributed by atoms with Gasteiger partial charge in [-0.2, -0.15) is 0 Å². The van der Waals surface area contributed by atoms with Crippen LogP contribution >= 0.6 is 24.0 Å². The van der Waals surface area contributed by atoms with Crippen LogP contribution in [0, 0.1) is 0 Å². The second-order valence-corrected chi connectivity index (χ2v) is 9.68. The molecule has 0 saturated carbocycles. The van der Waals surface area contributed by atoms with Crippen LogP contribution in [0.2, 0.25) is 0 Å². The van der Waals surface area contributed by atoms with Crippen molar-refractivity contribution in [2.45, 2.75) is 32.1 Å². The molecule has 0 aliphatic heterocycles. The number of benzene rings is 1. The van der Waals surface area contributed by atoms with E-state index in [1.54, 1.807) is 49.1 Å². The highest BCUT2D eigenvalue weighted by Crippen LogP contribution is 2.38. The van der Waals surface area contributed by atoms with E-state index in [-0.39, 0.29) is 36.3 Å². The van der Waals surface area contributed by atoms with E-state index in [4.69, 9.17) is 14.2 Å². The summed E-state index contributed by atoms with van der Waals surface area (Å²) >= 11 is 0.